The molecule has 156 valence electrons. The van der Waals surface area contributed by atoms with Crippen molar-refractivity contribution in [1.82, 2.24) is 4.72 Å². The van der Waals surface area contributed by atoms with Crippen molar-refractivity contribution in [2.75, 3.05) is 6.61 Å². The smallest absolute Gasteiger partial charge is 0.311 e. The molecule has 0 aromatic heterocycles. The monoisotopic (exact) mass is 411 g/mol. The van der Waals surface area contributed by atoms with E-state index in [1.807, 2.05) is 13.8 Å². The molecule has 1 aliphatic heterocycles. The lowest BCUT2D eigenvalue weighted by Crippen LogP contribution is -2.58. The third-order valence-electron chi connectivity index (χ3n) is 5.36. The van der Waals surface area contributed by atoms with Gasteiger partial charge in [-0.2, -0.15) is 0 Å². The molecule has 5 atom stereocenters. The molecule has 1 unspecified atom stereocenters. The largest absolute Gasteiger partial charge is 0.466 e. The summed E-state index contributed by atoms with van der Waals surface area (Å²) < 4.78 is 45.9. The minimum Gasteiger partial charge on any atom is -0.466 e. The Morgan fingerprint density at radius 2 is 1.82 bits per heavy atom. The Kier molecular flexibility index (Phi) is 5.87. The molecule has 0 amide bonds. The number of carbonyl (C=O) groups excluding carboxylic acids is 1. The molecule has 2 fully saturated rings. The molecule has 1 aliphatic carbocycles. The first-order valence-corrected chi connectivity index (χ1v) is 11.1. The number of hydrogen-bond acceptors (Lipinski definition) is 6. The van der Waals surface area contributed by atoms with Gasteiger partial charge >= 0.3 is 5.97 Å². The minimum absolute atomic E-state index is 0.131. The molecule has 1 heterocycles. The van der Waals surface area contributed by atoms with Crippen LogP contribution < -0.4 is 4.72 Å². The fourth-order valence-corrected chi connectivity index (χ4v) is 5.39. The van der Waals surface area contributed by atoms with Gasteiger partial charge in [0.25, 0.3) is 0 Å². The lowest BCUT2D eigenvalue weighted by Gasteiger charge is -2.40. The standard InChI is InChI=1S/C20H29NO6S/c1-6-25-19(22)15-11-13(3)16(18-17(15)26-20(4,5)27-18)21-28(23,24)14-9-7-12(2)8-10-14/h7-10,13,15-18,21H,6,11H2,1-5H3/t13-,15?,16+,17+,18-/m0/s1. The highest BCUT2D eigenvalue weighted by molar-refractivity contribution is 7.89. The summed E-state index contributed by atoms with van der Waals surface area (Å²) in [4.78, 5) is 12.6. The van der Waals surface area contributed by atoms with E-state index in [4.69, 9.17) is 14.2 Å². The van der Waals surface area contributed by atoms with Gasteiger partial charge in [-0.25, -0.2) is 13.1 Å². The van der Waals surface area contributed by atoms with Crippen molar-refractivity contribution >= 4 is 16.0 Å². The fraction of sp³-hybridized carbons (Fsp3) is 0.650. The first kappa shape index (κ1) is 21.2. The van der Waals surface area contributed by atoms with E-state index >= 15 is 0 Å². The first-order chi connectivity index (χ1) is 13.0. The highest BCUT2D eigenvalue weighted by atomic mass is 32.2. The van der Waals surface area contributed by atoms with E-state index in [0.29, 0.717) is 6.42 Å². The lowest BCUT2D eigenvalue weighted by atomic mass is 9.75. The average molecular weight is 412 g/mol. The van der Waals surface area contributed by atoms with Gasteiger partial charge < -0.3 is 14.2 Å². The Labute approximate surface area is 166 Å². The van der Waals surface area contributed by atoms with Gasteiger partial charge in [0.15, 0.2) is 5.79 Å². The van der Waals surface area contributed by atoms with Crippen LogP contribution in [0.15, 0.2) is 29.2 Å². The van der Waals surface area contributed by atoms with Crippen molar-refractivity contribution in [3.63, 3.8) is 0 Å². The van der Waals surface area contributed by atoms with Gasteiger partial charge in [-0.05, 0) is 52.2 Å². The predicted octanol–water partition coefficient (Wildman–Crippen LogP) is 2.38. The molecular formula is C20H29NO6S. The minimum atomic E-state index is -3.74. The van der Waals surface area contributed by atoms with Crippen molar-refractivity contribution in [2.24, 2.45) is 11.8 Å². The maximum atomic E-state index is 12.9. The second-order valence-electron chi connectivity index (χ2n) is 8.10. The fourth-order valence-electron chi connectivity index (χ4n) is 4.04. The van der Waals surface area contributed by atoms with Gasteiger partial charge in [0.05, 0.1) is 23.5 Å². The van der Waals surface area contributed by atoms with Gasteiger partial charge in [0, 0.05) is 0 Å². The summed E-state index contributed by atoms with van der Waals surface area (Å²) in [6.45, 7) is 9.40. The number of nitrogens with one attached hydrogen (secondary N) is 1. The number of rotatable bonds is 5. The molecule has 1 aromatic carbocycles. The van der Waals surface area contributed by atoms with Crippen molar-refractivity contribution in [1.29, 1.82) is 0 Å². The maximum Gasteiger partial charge on any atom is 0.311 e. The summed E-state index contributed by atoms with van der Waals surface area (Å²) >= 11 is 0. The molecule has 7 nitrogen and oxygen atoms in total. The van der Waals surface area contributed by atoms with Crippen LogP contribution in [0.2, 0.25) is 0 Å². The van der Waals surface area contributed by atoms with Crippen LogP contribution in [0.4, 0.5) is 0 Å². The summed E-state index contributed by atoms with van der Waals surface area (Å²) in [5, 5.41) is 0. The van der Waals surface area contributed by atoms with Crippen LogP contribution in [0, 0.1) is 18.8 Å². The molecule has 0 spiro atoms. The zero-order valence-corrected chi connectivity index (χ0v) is 17.8. The van der Waals surface area contributed by atoms with E-state index < -0.39 is 40.0 Å². The Hall–Kier alpha value is -1.48. The van der Waals surface area contributed by atoms with Crippen molar-refractivity contribution in [2.45, 2.75) is 70.0 Å². The molecule has 1 saturated carbocycles. The number of benzene rings is 1. The van der Waals surface area contributed by atoms with Crippen molar-refractivity contribution in [3.05, 3.63) is 29.8 Å². The number of aryl methyl sites for hydroxylation is 1. The highest BCUT2D eigenvalue weighted by Crippen LogP contribution is 2.43. The number of fused-ring (bicyclic) bond motifs is 1. The van der Waals surface area contributed by atoms with E-state index in [1.165, 1.54) is 0 Å². The van der Waals surface area contributed by atoms with Crippen molar-refractivity contribution in [3.8, 4) is 0 Å². The Morgan fingerprint density at radius 3 is 2.43 bits per heavy atom. The molecule has 0 bridgehead atoms. The zero-order chi connectivity index (χ0) is 20.7. The topological polar surface area (TPSA) is 90.9 Å². The number of ether oxygens (including phenoxy) is 3. The Bertz CT molecular complexity index is 820. The van der Waals surface area contributed by atoms with E-state index in [-0.39, 0.29) is 23.4 Å². The van der Waals surface area contributed by atoms with Crippen molar-refractivity contribution < 1.29 is 27.4 Å². The van der Waals surface area contributed by atoms with Gasteiger partial charge in [-0.1, -0.05) is 24.6 Å². The van der Waals surface area contributed by atoms with E-state index in [9.17, 15) is 13.2 Å². The van der Waals surface area contributed by atoms with Crippen LogP contribution in [-0.4, -0.2) is 45.0 Å². The first-order valence-electron chi connectivity index (χ1n) is 9.65. The van der Waals surface area contributed by atoms with Gasteiger partial charge in [-0.3, -0.25) is 4.79 Å². The summed E-state index contributed by atoms with van der Waals surface area (Å²) in [6, 6.07) is 6.18. The number of sulfonamides is 1. The Morgan fingerprint density at radius 1 is 1.21 bits per heavy atom. The van der Waals surface area contributed by atoms with Gasteiger partial charge in [-0.15, -0.1) is 0 Å². The van der Waals surface area contributed by atoms with Crippen LogP contribution in [0.5, 0.6) is 0 Å². The van der Waals surface area contributed by atoms with Gasteiger partial charge in [0.2, 0.25) is 10.0 Å². The van der Waals surface area contributed by atoms with Crippen LogP contribution in [0.25, 0.3) is 0 Å². The summed E-state index contributed by atoms with van der Waals surface area (Å²) in [6.07, 6.45) is -0.676. The number of carbonyl (C=O) groups is 1. The number of hydrogen-bond donors (Lipinski definition) is 1. The summed E-state index contributed by atoms with van der Waals surface area (Å²) in [5.74, 6) is -1.85. The van der Waals surface area contributed by atoms with E-state index in [0.717, 1.165) is 5.56 Å². The number of esters is 1. The summed E-state index contributed by atoms with van der Waals surface area (Å²) in [5.41, 5.74) is 0.983. The molecule has 0 radical (unpaired) electrons. The predicted molar refractivity (Wildman–Crippen MR) is 103 cm³/mol. The Balaban J connectivity index is 1.87. The van der Waals surface area contributed by atoms with Gasteiger partial charge in [0.1, 0.15) is 12.2 Å². The average Bonchev–Trinajstić information content (AvgIpc) is 2.93. The zero-order valence-electron chi connectivity index (χ0n) is 17.0. The molecule has 8 heteroatoms. The second-order valence-corrected chi connectivity index (χ2v) is 9.81. The maximum absolute atomic E-state index is 12.9. The summed E-state index contributed by atoms with van der Waals surface area (Å²) in [7, 11) is -3.74. The second kappa shape index (κ2) is 7.74. The van der Waals surface area contributed by atoms with E-state index in [2.05, 4.69) is 4.72 Å². The lowest BCUT2D eigenvalue weighted by molar-refractivity contribution is -0.163. The molecule has 1 saturated heterocycles. The molecule has 2 aliphatic rings. The molecule has 28 heavy (non-hydrogen) atoms. The third-order valence-corrected chi connectivity index (χ3v) is 6.84. The molecule has 1 aromatic rings. The van der Waals surface area contributed by atoms with Crippen LogP contribution in [0.3, 0.4) is 0 Å². The highest BCUT2D eigenvalue weighted by Gasteiger charge is 2.56. The molecule has 1 N–H and O–H groups in total. The normalized spacial score (nSPS) is 32.0. The van der Waals surface area contributed by atoms with Crippen LogP contribution in [-0.2, 0) is 29.0 Å². The SMILES string of the molecule is CCOC(=O)C1C[C@H](C)[C@@H](NS(=O)(=O)c2ccc(C)cc2)[C@@H]2OC(C)(C)O[C@H]12. The van der Waals surface area contributed by atoms with E-state index in [1.54, 1.807) is 45.0 Å². The van der Waals surface area contributed by atoms with Crippen LogP contribution >= 0.6 is 0 Å². The van der Waals surface area contributed by atoms with Crippen LogP contribution in [0.1, 0.15) is 39.7 Å². The molecular weight excluding hydrogens is 382 g/mol. The molecule has 3 rings (SSSR count). The third kappa shape index (κ3) is 4.25. The quantitative estimate of drug-likeness (QED) is 0.748.